The van der Waals surface area contributed by atoms with Gasteiger partial charge >= 0.3 is 0 Å². The Morgan fingerprint density at radius 1 is 1.09 bits per heavy atom. The van der Waals surface area contributed by atoms with Crippen LogP contribution in [0.3, 0.4) is 0 Å². The molecule has 2 aromatic heterocycles. The predicted molar refractivity (Wildman–Crippen MR) is 142 cm³/mol. The van der Waals surface area contributed by atoms with Gasteiger partial charge < -0.3 is 14.5 Å². The number of anilines is 1. The van der Waals surface area contributed by atoms with Crippen LogP contribution in [0.1, 0.15) is 5.76 Å². The molecule has 0 saturated carbocycles. The Hall–Kier alpha value is -3.17. The average molecular weight is 530 g/mol. The fraction of sp³-hybridized carbons (Fsp3) is 0.0417. The Balaban J connectivity index is 1.32. The number of ether oxygens (including phenoxy) is 1. The number of benzene rings is 2. The minimum atomic E-state index is -0.409. The molecule has 34 heavy (non-hydrogen) atoms. The molecule has 0 aliphatic rings. The Kier molecular flexibility index (Phi) is 7.64. The van der Waals surface area contributed by atoms with Crippen LogP contribution >= 0.6 is 46.8 Å². The third kappa shape index (κ3) is 6.24. The quantitative estimate of drug-likeness (QED) is 0.208. The smallest absolute Gasteiger partial charge is 0.250 e. The van der Waals surface area contributed by atoms with Gasteiger partial charge in [-0.3, -0.25) is 10.1 Å². The van der Waals surface area contributed by atoms with Crippen LogP contribution in [-0.4, -0.2) is 23.1 Å². The Morgan fingerprint density at radius 3 is 2.53 bits per heavy atom. The van der Waals surface area contributed by atoms with Gasteiger partial charge in [0.25, 0.3) is 0 Å². The molecule has 0 saturated heterocycles. The normalized spacial score (nSPS) is 10.9. The molecule has 0 radical (unpaired) electrons. The summed E-state index contributed by atoms with van der Waals surface area (Å²) in [5.74, 6) is 1.43. The van der Waals surface area contributed by atoms with E-state index >= 15 is 0 Å². The van der Waals surface area contributed by atoms with Gasteiger partial charge in [0.05, 0.1) is 12.8 Å². The molecule has 0 aliphatic carbocycles. The molecule has 4 aromatic rings. The molecule has 1 amide bonds. The number of nitrogens with zero attached hydrogens (tertiary/aromatic N) is 1. The summed E-state index contributed by atoms with van der Waals surface area (Å²) in [6.07, 6.45) is 2.87. The van der Waals surface area contributed by atoms with E-state index in [4.69, 9.17) is 44.6 Å². The number of nitrogens with one attached hydrogen (secondary N) is 2. The van der Waals surface area contributed by atoms with Crippen molar-refractivity contribution in [3.8, 4) is 28.3 Å². The van der Waals surface area contributed by atoms with Crippen LogP contribution in [-0.2, 0) is 4.79 Å². The topological polar surface area (TPSA) is 76.4 Å². The number of aromatic nitrogens is 1. The van der Waals surface area contributed by atoms with Crippen LogP contribution in [0.25, 0.3) is 28.7 Å². The molecule has 2 aromatic carbocycles. The van der Waals surface area contributed by atoms with Crippen molar-refractivity contribution in [2.75, 3.05) is 12.4 Å². The summed E-state index contributed by atoms with van der Waals surface area (Å²) >= 11 is 18.7. The molecule has 172 valence electrons. The third-order valence-corrected chi connectivity index (χ3v) is 5.92. The Bertz CT molecular complexity index is 1340. The standard InChI is InChI=1S/C24H17Cl2N3O3S2/c1-31-18-4-2-14(3-5-18)20-13-34-24(27-20)29-23(33)28-22(30)9-7-19-6-8-21(32-19)15-10-16(25)12-17(26)11-15/h2-13H,1H3,(H2,27,28,29,30,33). The van der Waals surface area contributed by atoms with Crippen LogP contribution in [0.4, 0.5) is 5.13 Å². The number of amides is 1. The Labute approximate surface area is 215 Å². The van der Waals surface area contributed by atoms with Gasteiger partial charge in [-0.1, -0.05) is 23.2 Å². The van der Waals surface area contributed by atoms with Crippen LogP contribution in [0, 0.1) is 0 Å². The van der Waals surface area contributed by atoms with Crippen LogP contribution in [0.5, 0.6) is 5.75 Å². The molecule has 2 heterocycles. The van der Waals surface area contributed by atoms with E-state index in [1.54, 1.807) is 43.5 Å². The zero-order valence-electron chi connectivity index (χ0n) is 17.7. The predicted octanol–water partition coefficient (Wildman–Crippen LogP) is 6.91. The van der Waals surface area contributed by atoms with Gasteiger partial charge in [-0.25, -0.2) is 4.98 Å². The summed E-state index contributed by atoms with van der Waals surface area (Å²) in [5.41, 5.74) is 2.48. The first-order chi connectivity index (χ1) is 16.4. The second-order valence-electron chi connectivity index (χ2n) is 6.90. The minimum absolute atomic E-state index is 0.138. The summed E-state index contributed by atoms with van der Waals surface area (Å²) in [4.78, 5) is 16.7. The first-order valence-corrected chi connectivity index (χ1v) is 11.9. The highest BCUT2D eigenvalue weighted by molar-refractivity contribution is 7.80. The maximum absolute atomic E-state index is 12.2. The maximum atomic E-state index is 12.2. The number of halogens is 2. The zero-order valence-corrected chi connectivity index (χ0v) is 20.8. The van der Waals surface area contributed by atoms with Gasteiger partial charge in [-0.15, -0.1) is 11.3 Å². The number of furan rings is 1. The van der Waals surface area contributed by atoms with E-state index in [2.05, 4.69) is 15.6 Å². The van der Waals surface area contributed by atoms with Gasteiger partial charge in [-0.05, 0) is 72.9 Å². The lowest BCUT2D eigenvalue weighted by atomic mass is 10.2. The number of hydrogen-bond acceptors (Lipinski definition) is 6. The molecule has 0 unspecified atom stereocenters. The molecule has 6 nitrogen and oxygen atoms in total. The number of thiocarbonyl (C=S) groups is 1. The lowest BCUT2D eigenvalue weighted by molar-refractivity contribution is -0.115. The Morgan fingerprint density at radius 2 is 1.82 bits per heavy atom. The van der Waals surface area contributed by atoms with E-state index in [1.807, 2.05) is 29.6 Å². The lowest BCUT2D eigenvalue weighted by Gasteiger charge is -2.04. The first-order valence-electron chi connectivity index (χ1n) is 9.86. The van der Waals surface area contributed by atoms with Crippen LogP contribution < -0.4 is 15.4 Å². The fourth-order valence-corrected chi connectivity index (χ4v) is 4.47. The molecule has 0 atom stereocenters. The molecular formula is C24H17Cl2N3O3S2. The lowest BCUT2D eigenvalue weighted by Crippen LogP contribution is -2.32. The third-order valence-electron chi connectivity index (χ3n) is 4.52. The van der Waals surface area contributed by atoms with Gasteiger partial charge in [0.1, 0.15) is 17.3 Å². The van der Waals surface area contributed by atoms with Crippen molar-refractivity contribution in [1.82, 2.24) is 10.3 Å². The van der Waals surface area contributed by atoms with Crippen molar-refractivity contribution in [2.45, 2.75) is 0 Å². The van der Waals surface area contributed by atoms with E-state index in [0.717, 1.165) is 22.6 Å². The summed E-state index contributed by atoms with van der Waals surface area (Å²) in [5, 5.41) is 9.12. The maximum Gasteiger partial charge on any atom is 0.250 e. The molecule has 0 aliphatic heterocycles. The fourth-order valence-electron chi connectivity index (χ4n) is 2.96. The second-order valence-corrected chi connectivity index (χ2v) is 9.04. The van der Waals surface area contributed by atoms with E-state index < -0.39 is 5.91 Å². The van der Waals surface area contributed by atoms with E-state index in [0.29, 0.717) is 26.7 Å². The van der Waals surface area contributed by atoms with E-state index in [9.17, 15) is 4.79 Å². The molecule has 0 bridgehead atoms. The van der Waals surface area contributed by atoms with E-state index in [-0.39, 0.29) is 5.11 Å². The van der Waals surface area contributed by atoms with Gasteiger partial charge in [0.2, 0.25) is 5.91 Å². The SMILES string of the molecule is COc1ccc(-c2csc(NC(=S)NC(=O)C=Cc3ccc(-c4cc(Cl)cc(Cl)c4)o3)n2)cc1. The molecule has 0 spiro atoms. The highest BCUT2D eigenvalue weighted by Crippen LogP contribution is 2.29. The number of rotatable bonds is 6. The second kappa shape index (κ2) is 10.8. The summed E-state index contributed by atoms with van der Waals surface area (Å²) in [6.45, 7) is 0. The number of thiazole rings is 1. The van der Waals surface area contributed by atoms with Gasteiger partial charge in [0.15, 0.2) is 10.2 Å². The molecule has 4 rings (SSSR count). The summed E-state index contributed by atoms with van der Waals surface area (Å²) in [6, 6.07) is 16.2. The number of methoxy groups -OCH3 is 1. The number of hydrogen-bond donors (Lipinski definition) is 2. The van der Waals surface area contributed by atoms with Crippen molar-refractivity contribution in [3.05, 3.63) is 81.9 Å². The monoisotopic (exact) mass is 529 g/mol. The minimum Gasteiger partial charge on any atom is -0.497 e. The van der Waals surface area contributed by atoms with Crippen molar-refractivity contribution < 1.29 is 13.9 Å². The van der Waals surface area contributed by atoms with E-state index in [1.165, 1.54) is 17.4 Å². The largest absolute Gasteiger partial charge is 0.497 e. The van der Waals surface area contributed by atoms with Gasteiger partial charge in [0, 0.05) is 32.6 Å². The summed E-state index contributed by atoms with van der Waals surface area (Å²) < 4.78 is 10.9. The zero-order chi connectivity index (χ0) is 24.1. The molecular weight excluding hydrogens is 513 g/mol. The number of carbonyl (C=O) groups excluding carboxylic acids is 1. The molecule has 0 fully saturated rings. The van der Waals surface area contributed by atoms with Crippen LogP contribution in [0.2, 0.25) is 10.0 Å². The van der Waals surface area contributed by atoms with Crippen molar-refractivity contribution in [1.29, 1.82) is 0 Å². The summed E-state index contributed by atoms with van der Waals surface area (Å²) in [7, 11) is 1.62. The van der Waals surface area contributed by atoms with Crippen molar-refractivity contribution in [2.24, 2.45) is 0 Å². The first kappa shape index (κ1) is 24.0. The average Bonchev–Trinajstić information content (AvgIpc) is 3.47. The highest BCUT2D eigenvalue weighted by atomic mass is 35.5. The molecule has 10 heteroatoms. The van der Waals surface area contributed by atoms with Crippen molar-refractivity contribution >= 4 is 69.0 Å². The van der Waals surface area contributed by atoms with Crippen LogP contribution in [0.15, 0.2) is 70.5 Å². The van der Waals surface area contributed by atoms with Crippen molar-refractivity contribution in [3.63, 3.8) is 0 Å². The van der Waals surface area contributed by atoms with Gasteiger partial charge in [-0.2, -0.15) is 0 Å². The highest BCUT2D eigenvalue weighted by Gasteiger charge is 2.09. The number of carbonyl (C=O) groups is 1. The molecule has 2 N–H and O–H groups in total.